The fourth-order valence-corrected chi connectivity index (χ4v) is 33.1. The van der Waals surface area contributed by atoms with Gasteiger partial charge in [-0.2, -0.15) is 0 Å². The quantitative estimate of drug-likeness (QED) is 0.428. The first kappa shape index (κ1) is 20.6. The van der Waals surface area contributed by atoms with Gasteiger partial charge < -0.3 is 24.8 Å². The van der Waals surface area contributed by atoms with Crippen LogP contribution in [0.4, 0.5) is 0 Å². The Kier molecular flexibility index (Phi) is 8.57. The standard InChI is InChI=1S/2C7H9.C2H7Si.2ClH.Hf/c2*1-6-3-4-7(2)5-6;1-3-2;;;/h5H,3H2,1-2H3;3,5,7H,1-2H3;3H,1-2H3;2*1H;/q;;;;;+2/p-2. The summed E-state index contributed by atoms with van der Waals surface area (Å²) in [5, 5.41) is 0. The van der Waals surface area contributed by atoms with E-state index in [9.17, 15) is 0 Å². The van der Waals surface area contributed by atoms with E-state index in [1.165, 1.54) is 12.0 Å². The molecule has 0 fully saturated rings. The second-order valence-electron chi connectivity index (χ2n) is 6.20. The van der Waals surface area contributed by atoms with E-state index < -0.39 is 26.6 Å². The van der Waals surface area contributed by atoms with Gasteiger partial charge >= 0.3 is 121 Å². The summed E-state index contributed by atoms with van der Waals surface area (Å²) >= 11 is -1.68. The van der Waals surface area contributed by atoms with Crippen LogP contribution in [0.5, 0.6) is 0 Å². The van der Waals surface area contributed by atoms with Gasteiger partial charge in [0.15, 0.2) is 0 Å². The van der Waals surface area contributed by atoms with Gasteiger partial charge in [0.2, 0.25) is 0 Å². The van der Waals surface area contributed by atoms with Crippen molar-refractivity contribution in [3.63, 3.8) is 0 Å². The van der Waals surface area contributed by atoms with Crippen LogP contribution in [0, 0.1) is 5.92 Å². The molecule has 0 aromatic carbocycles. The Hall–Kier alpha value is 0.627. The molecule has 0 nitrogen and oxygen atoms in total. The average molecular weight is 495 g/mol. The minimum atomic E-state index is -1.68. The Morgan fingerprint density at radius 1 is 1.10 bits per heavy atom. The molecule has 1 unspecified atom stereocenters. The Bertz CT molecular complexity index is 487. The summed E-state index contributed by atoms with van der Waals surface area (Å²) in [4.78, 5) is 0. The predicted octanol–water partition coefficient (Wildman–Crippen LogP) is -1.30. The molecule has 1 atom stereocenters. The molecule has 0 heterocycles. The fourth-order valence-electron chi connectivity index (χ4n) is 3.32. The van der Waals surface area contributed by atoms with E-state index in [1.54, 1.807) is 11.1 Å². The van der Waals surface area contributed by atoms with Crippen molar-refractivity contribution >= 4 is 5.98 Å². The SMILES string of the molecule is CC1=CC(C)[C]([Hf+2]([C]2=C(C)C=C(C)C2)[SiH](C)C)=C1.[Cl-].[Cl-]. The first-order valence-corrected chi connectivity index (χ1v) is 19.7. The summed E-state index contributed by atoms with van der Waals surface area (Å²) in [5.41, 5.74) is 4.74. The molecule has 2 aliphatic rings. The maximum absolute atomic E-state index is 2.59. The zero-order chi connectivity index (χ0) is 13.4. The number of hydrogen-bond donors (Lipinski definition) is 0. The zero-order valence-corrected chi connectivity index (χ0v) is 19.6. The minimum absolute atomic E-state index is 0. The van der Waals surface area contributed by atoms with Crippen LogP contribution in [-0.2, 0) is 20.6 Å². The van der Waals surface area contributed by atoms with Crippen LogP contribution in [0.2, 0.25) is 13.1 Å². The molecule has 20 heavy (non-hydrogen) atoms. The molecule has 2 aliphatic carbocycles. The van der Waals surface area contributed by atoms with Gasteiger partial charge in [-0.05, 0) is 0 Å². The number of rotatable bonds is 3. The second-order valence-corrected chi connectivity index (χ2v) is 32.9. The van der Waals surface area contributed by atoms with E-state index in [-0.39, 0.29) is 24.8 Å². The van der Waals surface area contributed by atoms with Crippen LogP contribution >= 0.6 is 0 Å². The van der Waals surface area contributed by atoms with Crippen LogP contribution in [0.15, 0.2) is 41.6 Å². The van der Waals surface area contributed by atoms with E-state index in [4.69, 9.17) is 0 Å². The van der Waals surface area contributed by atoms with Crippen molar-refractivity contribution < 1.29 is 45.4 Å². The number of hydrogen-bond acceptors (Lipinski definition) is 0. The zero-order valence-electron chi connectivity index (χ0n) is 13.3. The Labute approximate surface area is 145 Å². The third kappa shape index (κ3) is 4.31. The van der Waals surface area contributed by atoms with Gasteiger partial charge in [0.25, 0.3) is 0 Å². The second kappa shape index (κ2) is 8.31. The molecule has 0 saturated heterocycles. The molecule has 0 aromatic rings. The molecule has 4 heteroatoms. The van der Waals surface area contributed by atoms with Crippen molar-refractivity contribution in [1.82, 2.24) is 0 Å². The summed E-state index contributed by atoms with van der Waals surface area (Å²) in [6, 6.07) is 0. The smallest absolute Gasteiger partial charge is 1.00 e. The van der Waals surface area contributed by atoms with Gasteiger partial charge in [-0.3, -0.25) is 0 Å². The maximum Gasteiger partial charge on any atom is -1.00 e. The van der Waals surface area contributed by atoms with Crippen LogP contribution < -0.4 is 24.8 Å². The summed E-state index contributed by atoms with van der Waals surface area (Å²) in [7, 11) is 0. The topological polar surface area (TPSA) is 0 Å². The number of allylic oxidation sites excluding steroid dienone is 8. The third-order valence-corrected chi connectivity index (χ3v) is 32.0. The van der Waals surface area contributed by atoms with Crippen molar-refractivity contribution in [3.05, 3.63) is 41.6 Å². The Morgan fingerprint density at radius 2 is 1.70 bits per heavy atom. The molecule has 0 saturated carbocycles. The van der Waals surface area contributed by atoms with Gasteiger partial charge in [0.05, 0.1) is 0 Å². The van der Waals surface area contributed by atoms with Gasteiger partial charge in [-0.1, -0.05) is 0 Å². The molecular weight excluding hydrogens is 470 g/mol. The Morgan fingerprint density at radius 3 is 2.05 bits per heavy atom. The molecular formula is C16H25Cl2HfSi. The van der Waals surface area contributed by atoms with Gasteiger partial charge in [-0.25, -0.2) is 0 Å². The molecule has 0 radical (unpaired) electrons. The molecule has 2 rings (SSSR count). The molecule has 0 N–H and O–H groups in total. The normalized spacial score (nSPS) is 21.1. The average Bonchev–Trinajstić information content (AvgIpc) is 2.71. The first-order chi connectivity index (χ1) is 8.40. The van der Waals surface area contributed by atoms with Gasteiger partial charge in [-0.15, -0.1) is 0 Å². The van der Waals surface area contributed by atoms with Crippen LogP contribution in [0.25, 0.3) is 0 Å². The van der Waals surface area contributed by atoms with Crippen molar-refractivity contribution in [2.75, 3.05) is 0 Å². The predicted molar refractivity (Wildman–Crippen MR) is 81.0 cm³/mol. The molecule has 0 amide bonds. The molecule has 0 aromatic heterocycles. The third-order valence-electron chi connectivity index (χ3n) is 3.99. The molecule has 111 valence electrons. The summed E-state index contributed by atoms with van der Waals surface area (Å²) in [6.45, 7) is 14.5. The van der Waals surface area contributed by atoms with Crippen LogP contribution in [-0.4, -0.2) is 5.98 Å². The van der Waals surface area contributed by atoms with Crippen LogP contribution in [0.3, 0.4) is 0 Å². The van der Waals surface area contributed by atoms with E-state index in [1.807, 2.05) is 6.66 Å². The van der Waals surface area contributed by atoms with Crippen LogP contribution in [0.1, 0.15) is 34.1 Å². The van der Waals surface area contributed by atoms with E-state index in [2.05, 4.69) is 59.0 Å². The van der Waals surface area contributed by atoms with Gasteiger partial charge in [0, 0.05) is 0 Å². The monoisotopic (exact) mass is 495 g/mol. The van der Waals surface area contributed by atoms with E-state index in [0.717, 1.165) is 5.92 Å². The molecule has 0 spiro atoms. The van der Waals surface area contributed by atoms with E-state index in [0.29, 0.717) is 0 Å². The van der Waals surface area contributed by atoms with Gasteiger partial charge in [0.1, 0.15) is 0 Å². The molecule has 0 bridgehead atoms. The first-order valence-electron chi connectivity index (χ1n) is 7.04. The van der Waals surface area contributed by atoms with Crippen molar-refractivity contribution in [2.45, 2.75) is 47.2 Å². The summed E-state index contributed by atoms with van der Waals surface area (Å²) < 4.78 is 3.83. The van der Waals surface area contributed by atoms with Crippen molar-refractivity contribution in [3.8, 4) is 0 Å². The minimum Gasteiger partial charge on any atom is -1.00 e. The van der Waals surface area contributed by atoms with Crippen molar-refractivity contribution in [1.29, 1.82) is 0 Å². The largest absolute Gasteiger partial charge is 1.00 e. The summed E-state index contributed by atoms with van der Waals surface area (Å²) in [5.74, 6) is 0.236. The maximum atomic E-state index is 2.59. The van der Waals surface area contributed by atoms with E-state index >= 15 is 0 Å². The summed E-state index contributed by atoms with van der Waals surface area (Å²) in [6.07, 6.45) is 8.77. The van der Waals surface area contributed by atoms with Crippen molar-refractivity contribution in [2.24, 2.45) is 5.92 Å². The Balaban J connectivity index is 0.00000180. The molecule has 0 aliphatic heterocycles. The fraction of sp³-hybridized carbons (Fsp3) is 0.500. The number of halogens is 2.